The predicted molar refractivity (Wildman–Crippen MR) is 67.9 cm³/mol. The van der Waals surface area contributed by atoms with Crippen LogP contribution in [0.1, 0.15) is 46.1 Å². The summed E-state index contributed by atoms with van der Waals surface area (Å²) in [6.45, 7) is 3.65. The Morgan fingerprint density at radius 3 is 2.50 bits per heavy atom. The zero-order valence-corrected chi connectivity index (χ0v) is 11.3. The third-order valence-electron chi connectivity index (χ3n) is 3.29. The first-order valence-electron chi connectivity index (χ1n) is 5.90. The maximum Gasteiger partial charge on any atom is 0.305 e. The summed E-state index contributed by atoms with van der Waals surface area (Å²) in [5.41, 5.74) is 0.160. The van der Waals surface area contributed by atoms with Gasteiger partial charge in [-0.3, -0.25) is 9.59 Å². The number of nitrogens with zero attached hydrogens (tertiary/aromatic N) is 1. The fraction of sp³-hybridized carbons (Fsp3) is 0.583. The van der Waals surface area contributed by atoms with E-state index in [2.05, 4.69) is 10.3 Å². The van der Waals surface area contributed by atoms with Crippen LogP contribution in [0.4, 0.5) is 0 Å². The lowest BCUT2D eigenvalue weighted by Gasteiger charge is -2.41. The van der Waals surface area contributed by atoms with Crippen LogP contribution in [-0.2, 0) is 4.79 Å². The molecule has 98 valence electrons. The number of aryl methyl sites for hydroxylation is 2. The second-order valence-electron chi connectivity index (χ2n) is 4.81. The van der Waals surface area contributed by atoms with Gasteiger partial charge in [0.25, 0.3) is 5.91 Å². The SMILES string of the molecule is Cc1nc(C)c(C(=O)NC2(CC(=O)O)CCC2)s1. The summed E-state index contributed by atoms with van der Waals surface area (Å²) in [7, 11) is 0. The Hall–Kier alpha value is -1.43. The third kappa shape index (κ3) is 2.53. The Kier molecular flexibility index (Phi) is 3.38. The normalized spacial score (nSPS) is 17.0. The van der Waals surface area contributed by atoms with E-state index < -0.39 is 11.5 Å². The van der Waals surface area contributed by atoms with Crippen molar-refractivity contribution in [3.63, 3.8) is 0 Å². The number of carbonyl (C=O) groups excluding carboxylic acids is 1. The van der Waals surface area contributed by atoms with Crippen molar-refractivity contribution in [2.24, 2.45) is 0 Å². The second-order valence-corrected chi connectivity index (χ2v) is 6.01. The topological polar surface area (TPSA) is 79.3 Å². The second kappa shape index (κ2) is 4.68. The van der Waals surface area contributed by atoms with Gasteiger partial charge in [-0.2, -0.15) is 0 Å². The molecular formula is C12H16N2O3S. The summed E-state index contributed by atoms with van der Waals surface area (Å²) >= 11 is 1.35. The van der Waals surface area contributed by atoms with E-state index in [4.69, 9.17) is 5.11 Å². The summed E-state index contributed by atoms with van der Waals surface area (Å²) in [6.07, 6.45) is 2.44. The van der Waals surface area contributed by atoms with E-state index in [1.165, 1.54) is 11.3 Å². The van der Waals surface area contributed by atoms with Gasteiger partial charge in [0.2, 0.25) is 0 Å². The van der Waals surface area contributed by atoms with Gasteiger partial charge in [-0.25, -0.2) is 4.98 Å². The fourth-order valence-corrected chi connectivity index (χ4v) is 3.09. The van der Waals surface area contributed by atoms with Crippen LogP contribution < -0.4 is 5.32 Å². The van der Waals surface area contributed by atoms with Gasteiger partial charge in [0.05, 0.1) is 22.7 Å². The number of nitrogens with one attached hydrogen (secondary N) is 1. The molecule has 2 rings (SSSR count). The van der Waals surface area contributed by atoms with Crippen molar-refractivity contribution in [1.82, 2.24) is 10.3 Å². The first-order chi connectivity index (χ1) is 8.42. The summed E-state index contributed by atoms with van der Waals surface area (Å²) < 4.78 is 0. The molecule has 1 heterocycles. The molecule has 5 nitrogen and oxygen atoms in total. The molecule has 1 saturated carbocycles. The maximum atomic E-state index is 12.1. The number of carbonyl (C=O) groups is 2. The molecular weight excluding hydrogens is 252 g/mol. The average Bonchev–Trinajstić information content (AvgIpc) is 2.53. The minimum Gasteiger partial charge on any atom is -0.481 e. The molecule has 1 aromatic rings. The van der Waals surface area contributed by atoms with E-state index in [0.29, 0.717) is 10.6 Å². The minimum atomic E-state index is -0.868. The molecule has 1 aliphatic carbocycles. The number of aromatic nitrogens is 1. The van der Waals surface area contributed by atoms with Crippen LogP contribution in [0.25, 0.3) is 0 Å². The van der Waals surface area contributed by atoms with Gasteiger partial charge in [0, 0.05) is 0 Å². The van der Waals surface area contributed by atoms with E-state index in [-0.39, 0.29) is 12.3 Å². The van der Waals surface area contributed by atoms with Crippen LogP contribution in [0, 0.1) is 13.8 Å². The van der Waals surface area contributed by atoms with E-state index in [9.17, 15) is 9.59 Å². The Labute approximate surface area is 109 Å². The number of carboxylic acids is 1. The van der Waals surface area contributed by atoms with Crippen LogP contribution in [0.5, 0.6) is 0 Å². The van der Waals surface area contributed by atoms with E-state index >= 15 is 0 Å². The third-order valence-corrected chi connectivity index (χ3v) is 4.36. The van der Waals surface area contributed by atoms with Crippen molar-refractivity contribution in [3.8, 4) is 0 Å². The summed E-state index contributed by atoms with van der Waals surface area (Å²) in [5.74, 6) is -1.06. The first-order valence-corrected chi connectivity index (χ1v) is 6.72. The number of thiazole rings is 1. The number of hydrogen-bond donors (Lipinski definition) is 2. The first kappa shape index (κ1) is 13.0. The summed E-state index contributed by atoms with van der Waals surface area (Å²) in [5, 5.41) is 12.6. The van der Waals surface area contributed by atoms with Crippen molar-refractivity contribution < 1.29 is 14.7 Å². The number of carboxylic acid groups (broad SMARTS) is 1. The highest BCUT2D eigenvalue weighted by atomic mass is 32.1. The minimum absolute atomic E-state index is 0.00439. The molecule has 1 fully saturated rings. The molecule has 0 spiro atoms. The van der Waals surface area contributed by atoms with Gasteiger partial charge in [-0.1, -0.05) is 0 Å². The molecule has 2 N–H and O–H groups in total. The number of aliphatic carboxylic acids is 1. The van der Waals surface area contributed by atoms with E-state index in [1.54, 1.807) is 6.92 Å². The summed E-state index contributed by atoms with van der Waals surface area (Å²) in [6, 6.07) is 0. The van der Waals surface area contributed by atoms with E-state index in [0.717, 1.165) is 24.3 Å². The standard InChI is InChI=1S/C12H16N2O3S/c1-7-10(18-8(2)13-7)11(17)14-12(4-3-5-12)6-9(15)16/h3-6H2,1-2H3,(H,14,17)(H,15,16). The molecule has 0 aromatic carbocycles. The smallest absolute Gasteiger partial charge is 0.305 e. The molecule has 0 radical (unpaired) electrons. The van der Waals surface area contributed by atoms with E-state index in [1.807, 2.05) is 6.92 Å². The molecule has 0 saturated heterocycles. The highest BCUT2D eigenvalue weighted by Crippen LogP contribution is 2.35. The molecule has 1 amide bonds. The largest absolute Gasteiger partial charge is 0.481 e. The predicted octanol–water partition coefficient (Wildman–Crippen LogP) is 1.89. The highest BCUT2D eigenvalue weighted by Gasteiger charge is 2.40. The van der Waals surface area contributed by atoms with Crippen LogP contribution in [0.3, 0.4) is 0 Å². The molecule has 0 aliphatic heterocycles. The van der Waals surface area contributed by atoms with Gasteiger partial charge >= 0.3 is 5.97 Å². The van der Waals surface area contributed by atoms with Crippen LogP contribution in [-0.4, -0.2) is 27.5 Å². The van der Waals surface area contributed by atoms with Crippen molar-refractivity contribution in [3.05, 3.63) is 15.6 Å². The molecule has 18 heavy (non-hydrogen) atoms. The van der Waals surface area contributed by atoms with Gasteiger partial charge in [0.15, 0.2) is 0 Å². The summed E-state index contributed by atoms with van der Waals surface area (Å²) in [4.78, 5) is 27.8. The zero-order chi connectivity index (χ0) is 13.3. The molecule has 0 bridgehead atoms. The fourth-order valence-electron chi connectivity index (χ4n) is 2.28. The quantitative estimate of drug-likeness (QED) is 0.874. The lowest BCUT2D eigenvalue weighted by molar-refractivity contribution is -0.139. The van der Waals surface area contributed by atoms with Gasteiger partial charge in [-0.05, 0) is 33.1 Å². The van der Waals surface area contributed by atoms with Crippen molar-refractivity contribution >= 4 is 23.2 Å². The Bertz CT molecular complexity index is 492. The Balaban J connectivity index is 2.11. The molecule has 6 heteroatoms. The van der Waals surface area contributed by atoms with Crippen LogP contribution in [0.2, 0.25) is 0 Å². The van der Waals surface area contributed by atoms with Gasteiger partial charge in [0.1, 0.15) is 4.88 Å². The van der Waals surface area contributed by atoms with Crippen molar-refractivity contribution in [1.29, 1.82) is 0 Å². The molecule has 0 unspecified atom stereocenters. The molecule has 1 aliphatic rings. The molecule has 1 aromatic heterocycles. The number of amides is 1. The Morgan fingerprint density at radius 2 is 2.11 bits per heavy atom. The number of rotatable bonds is 4. The van der Waals surface area contributed by atoms with Gasteiger partial charge in [-0.15, -0.1) is 11.3 Å². The van der Waals surface area contributed by atoms with Gasteiger partial charge < -0.3 is 10.4 Å². The average molecular weight is 268 g/mol. The highest BCUT2D eigenvalue weighted by molar-refractivity contribution is 7.13. The lowest BCUT2D eigenvalue weighted by atomic mass is 9.74. The van der Waals surface area contributed by atoms with Crippen LogP contribution >= 0.6 is 11.3 Å². The maximum absolute atomic E-state index is 12.1. The van der Waals surface area contributed by atoms with Crippen molar-refractivity contribution in [2.45, 2.75) is 45.1 Å². The van der Waals surface area contributed by atoms with Crippen LogP contribution in [0.15, 0.2) is 0 Å². The zero-order valence-electron chi connectivity index (χ0n) is 10.4. The lowest BCUT2D eigenvalue weighted by Crippen LogP contribution is -2.54. The molecule has 0 atom stereocenters. The number of hydrogen-bond acceptors (Lipinski definition) is 4. The Morgan fingerprint density at radius 1 is 1.44 bits per heavy atom. The van der Waals surface area contributed by atoms with Crippen molar-refractivity contribution in [2.75, 3.05) is 0 Å². The monoisotopic (exact) mass is 268 g/mol.